The Hall–Kier alpha value is -2.32. The number of rotatable bonds is 3. The number of nitro benzene ring substituents is 1. The number of amides is 1. The van der Waals surface area contributed by atoms with Gasteiger partial charge in [0.2, 0.25) is 0 Å². The highest BCUT2D eigenvalue weighted by Gasteiger charge is 2.11. The summed E-state index contributed by atoms with van der Waals surface area (Å²) in [6.07, 6.45) is 0. The highest BCUT2D eigenvalue weighted by atomic mass is 32.1. The third kappa shape index (κ3) is 3.83. The molecule has 1 amide bonds. The van der Waals surface area contributed by atoms with E-state index in [4.69, 9.17) is 12.2 Å². The third-order valence-corrected chi connectivity index (χ3v) is 3.71. The first-order valence-corrected chi connectivity index (χ1v) is 7.17. The second-order valence-corrected chi connectivity index (χ2v) is 5.50. The van der Waals surface area contributed by atoms with Crippen LogP contribution < -0.4 is 10.6 Å². The van der Waals surface area contributed by atoms with E-state index in [1.54, 1.807) is 30.5 Å². The first-order chi connectivity index (χ1) is 9.97. The summed E-state index contributed by atoms with van der Waals surface area (Å²) in [4.78, 5) is 22.6. The number of carbonyl (C=O) groups is 1. The number of hydrogen-bond acceptors (Lipinski definition) is 5. The molecule has 108 valence electrons. The van der Waals surface area contributed by atoms with Gasteiger partial charge < -0.3 is 5.32 Å². The summed E-state index contributed by atoms with van der Waals surface area (Å²) >= 11 is 6.37. The Kier molecular flexibility index (Phi) is 4.61. The predicted octanol–water partition coefficient (Wildman–Crippen LogP) is 3.09. The number of anilines is 1. The Balaban J connectivity index is 2.03. The molecular weight excluding hydrogens is 310 g/mol. The molecule has 0 saturated heterocycles. The van der Waals surface area contributed by atoms with Gasteiger partial charge >= 0.3 is 0 Å². The lowest BCUT2D eigenvalue weighted by molar-refractivity contribution is -0.384. The molecule has 0 radical (unpaired) electrons. The van der Waals surface area contributed by atoms with E-state index in [1.165, 1.54) is 23.5 Å². The van der Waals surface area contributed by atoms with Crippen LogP contribution >= 0.6 is 23.6 Å². The maximum absolute atomic E-state index is 11.8. The largest absolute Gasteiger partial charge is 0.332 e. The topological polar surface area (TPSA) is 84.3 Å². The predicted molar refractivity (Wildman–Crippen MR) is 85.8 cm³/mol. The molecule has 21 heavy (non-hydrogen) atoms. The van der Waals surface area contributed by atoms with E-state index in [9.17, 15) is 14.9 Å². The van der Waals surface area contributed by atoms with Gasteiger partial charge in [0, 0.05) is 17.8 Å². The molecule has 0 atom stereocenters. The van der Waals surface area contributed by atoms with Crippen LogP contribution in [0.4, 0.5) is 11.4 Å². The van der Waals surface area contributed by atoms with Crippen LogP contribution in [-0.4, -0.2) is 15.9 Å². The first kappa shape index (κ1) is 15.1. The second-order valence-electron chi connectivity index (χ2n) is 4.14. The van der Waals surface area contributed by atoms with Crippen molar-refractivity contribution in [2.75, 3.05) is 5.32 Å². The minimum Gasteiger partial charge on any atom is -0.332 e. The van der Waals surface area contributed by atoms with Gasteiger partial charge in [-0.2, -0.15) is 0 Å². The summed E-state index contributed by atoms with van der Waals surface area (Å²) in [5.74, 6) is -0.290. The van der Waals surface area contributed by atoms with Crippen LogP contribution in [0.1, 0.15) is 15.2 Å². The fourth-order valence-electron chi connectivity index (χ4n) is 1.63. The summed E-state index contributed by atoms with van der Waals surface area (Å²) in [6.45, 7) is 1.72. The molecule has 6 nitrogen and oxygen atoms in total. The van der Waals surface area contributed by atoms with Crippen molar-refractivity contribution in [1.82, 2.24) is 5.32 Å². The van der Waals surface area contributed by atoms with Crippen molar-refractivity contribution >= 4 is 45.9 Å². The first-order valence-electron chi connectivity index (χ1n) is 5.88. The van der Waals surface area contributed by atoms with Crippen LogP contribution in [0.5, 0.6) is 0 Å². The normalized spacial score (nSPS) is 9.95. The summed E-state index contributed by atoms with van der Waals surface area (Å²) in [6, 6.07) is 7.83. The van der Waals surface area contributed by atoms with E-state index >= 15 is 0 Å². The monoisotopic (exact) mass is 321 g/mol. The standard InChI is InChI=1S/C13H11N3O3S2/c1-8-7-9(16(18)19)4-5-10(8)14-13(20)15-12(17)11-3-2-6-21-11/h2-7H,1H3,(H2,14,15,17,20). The molecule has 0 aliphatic rings. The van der Waals surface area contributed by atoms with E-state index in [-0.39, 0.29) is 16.7 Å². The zero-order valence-electron chi connectivity index (χ0n) is 11.0. The lowest BCUT2D eigenvalue weighted by Crippen LogP contribution is -2.33. The van der Waals surface area contributed by atoms with Gasteiger partial charge in [-0.05, 0) is 42.2 Å². The van der Waals surface area contributed by atoms with Crippen molar-refractivity contribution in [2.45, 2.75) is 6.92 Å². The SMILES string of the molecule is Cc1cc([N+](=O)[O-])ccc1NC(=S)NC(=O)c1cccs1. The third-order valence-electron chi connectivity index (χ3n) is 2.64. The molecule has 0 aliphatic carbocycles. The molecule has 0 saturated carbocycles. The molecule has 1 aromatic carbocycles. The number of nitrogens with zero attached hydrogens (tertiary/aromatic N) is 1. The zero-order valence-corrected chi connectivity index (χ0v) is 12.6. The van der Waals surface area contributed by atoms with Crippen molar-refractivity contribution in [3.63, 3.8) is 0 Å². The Labute approximate surface area is 129 Å². The zero-order chi connectivity index (χ0) is 15.4. The summed E-state index contributed by atoms with van der Waals surface area (Å²) in [5, 5.41) is 18.0. The van der Waals surface area contributed by atoms with E-state index in [1.807, 2.05) is 0 Å². The lowest BCUT2D eigenvalue weighted by atomic mass is 10.2. The van der Waals surface area contributed by atoms with Crippen LogP contribution in [0.2, 0.25) is 0 Å². The number of thiocarbonyl (C=S) groups is 1. The molecule has 1 heterocycles. The van der Waals surface area contributed by atoms with Gasteiger partial charge in [-0.1, -0.05) is 6.07 Å². The molecule has 2 N–H and O–H groups in total. The minimum atomic E-state index is -0.465. The van der Waals surface area contributed by atoms with Gasteiger partial charge in [-0.15, -0.1) is 11.3 Å². The molecule has 0 spiro atoms. The van der Waals surface area contributed by atoms with E-state index in [0.717, 1.165) is 0 Å². The smallest absolute Gasteiger partial charge is 0.269 e. The molecule has 0 unspecified atom stereocenters. The molecule has 0 bridgehead atoms. The molecule has 0 aliphatic heterocycles. The number of nitrogens with one attached hydrogen (secondary N) is 2. The van der Waals surface area contributed by atoms with Crippen molar-refractivity contribution in [3.05, 3.63) is 56.3 Å². The van der Waals surface area contributed by atoms with Crippen LogP contribution in [0.3, 0.4) is 0 Å². The number of aryl methyl sites for hydroxylation is 1. The second kappa shape index (κ2) is 6.42. The highest BCUT2D eigenvalue weighted by Crippen LogP contribution is 2.21. The Bertz CT molecular complexity index is 699. The quantitative estimate of drug-likeness (QED) is 0.515. The van der Waals surface area contributed by atoms with Gasteiger partial charge in [0.1, 0.15) is 0 Å². The minimum absolute atomic E-state index is 0.00610. The molecule has 8 heteroatoms. The maximum Gasteiger partial charge on any atom is 0.269 e. The van der Waals surface area contributed by atoms with Crippen LogP contribution in [0.25, 0.3) is 0 Å². The maximum atomic E-state index is 11.8. The number of hydrogen-bond donors (Lipinski definition) is 2. The average Bonchev–Trinajstić information content (AvgIpc) is 2.94. The number of thiophene rings is 1. The van der Waals surface area contributed by atoms with Crippen LogP contribution in [0, 0.1) is 17.0 Å². The highest BCUT2D eigenvalue weighted by molar-refractivity contribution is 7.80. The van der Waals surface area contributed by atoms with Crippen molar-refractivity contribution in [3.8, 4) is 0 Å². The average molecular weight is 321 g/mol. The Morgan fingerprint density at radius 1 is 1.38 bits per heavy atom. The number of nitro groups is 1. The van der Waals surface area contributed by atoms with Gasteiger partial charge in [0.15, 0.2) is 5.11 Å². The number of non-ortho nitro benzene ring substituents is 1. The fourth-order valence-corrected chi connectivity index (χ4v) is 2.45. The fraction of sp³-hybridized carbons (Fsp3) is 0.0769. The van der Waals surface area contributed by atoms with E-state index in [2.05, 4.69) is 10.6 Å². The van der Waals surface area contributed by atoms with Crippen molar-refractivity contribution in [2.24, 2.45) is 0 Å². The Morgan fingerprint density at radius 3 is 2.71 bits per heavy atom. The number of carbonyl (C=O) groups excluding carboxylic acids is 1. The van der Waals surface area contributed by atoms with Gasteiger partial charge in [0.25, 0.3) is 11.6 Å². The van der Waals surface area contributed by atoms with Gasteiger partial charge in [-0.3, -0.25) is 20.2 Å². The molecule has 1 aromatic heterocycles. The van der Waals surface area contributed by atoms with Crippen molar-refractivity contribution < 1.29 is 9.72 Å². The summed E-state index contributed by atoms with van der Waals surface area (Å²) in [7, 11) is 0. The van der Waals surface area contributed by atoms with E-state index < -0.39 is 4.92 Å². The molecule has 2 rings (SSSR count). The Morgan fingerprint density at radius 2 is 2.14 bits per heavy atom. The molecular formula is C13H11N3O3S2. The van der Waals surface area contributed by atoms with Crippen molar-refractivity contribution in [1.29, 1.82) is 0 Å². The van der Waals surface area contributed by atoms with Crippen LogP contribution in [0.15, 0.2) is 35.7 Å². The summed E-state index contributed by atoms with van der Waals surface area (Å²) < 4.78 is 0. The van der Waals surface area contributed by atoms with Gasteiger partial charge in [0.05, 0.1) is 9.80 Å². The van der Waals surface area contributed by atoms with E-state index in [0.29, 0.717) is 16.1 Å². The molecule has 2 aromatic rings. The lowest BCUT2D eigenvalue weighted by Gasteiger charge is -2.11. The molecule has 0 fully saturated rings. The summed E-state index contributed by atoms with van der Waals surface area (Å²) in [5.41, 5.74) is 1.28. The van der Waals surface area contributed by atoms with Crippen LogP contribution in [-0.2, 0) is 0 Å². The van der Waals surface area contributed by atoms with Gasteiger partial charge in [-0.25, -0.2) is 0 Å². The number of benzene rings is 1.